The maximum atomic E-state index is 12.1. The van der Waals surface area contributed by atoms with E-state index in [1.165, 1.54) is 6.42 Å². The van der Waals surface area contributed by atoms with Crippen LogP contribution in [-0.4, -0.2) is 24.0 Å². The molecule has 2 aromatic rings. The molecule has 0 spiro atoms. The van der Waals surface area contributed by atoms with Gasteiger partial charge < -0.3 is 15.4 Å². The fraction of sp³-hybridized carbons (Fsp3) is 0.333. The SMILES string of the molecule is O=C(CCC1CCNC1)Nc1cccc(Oc2ccncc2)c1. The molecule has 1 aromatic heterocycles. The van der Waals surface area contributed by atoms with Crippen molar-refractivity contribution in [3.63, 3.8) is 0 Å². The number of anilines is 1. The number of ether oxygens (including phenoxy) is 1. The van der Waals surface area contributed by atoms with E-state index in [0.717, 1.165) is 30.9 Å². The van der Waals surface area contributed by atoms with Gasteiger partial charge in [0.1, 0.15) is 11.5 Å². The lowest BCUT2D eigenvalue weighted by atomic mass is 10.0. The molecule has 0 aliphatic carbocycles. The molecule has 1 saturated heterocycles. The first-order valence-electron chi connectivity index (χ1n) is 7.98. The molecule has 1 aromatic carbocycles. The Morgan fingerprint density at radius 1 is 1.26 bits per heavy atom. The molecule has 23 heavy (non-hydrogen) atoms. The number of nitrogens with zero attached hydrogens (tertiary/aromatic N) is 1. The molecule has 2 heterocycles. The van der Waals surface area contributed by atoms with Gasteiger partial charge in [0.15, 0.2) is 0 Å². The van der Waals surface area contributed by atoms with Gasteiger partial charge in [-0.15, -0.1) is 0 Å². The zero-order valence-corrected chi connectivity index (χ0v) is 13.0. The highest BCUT2D eigenvalue weighted by Crippen LogP contribution is 2.24. The first-order valence-corrected chi connectivity index (χ1v) is 7.98. The Balaban J connectivity index is 1.53. The highest BCUT2D eigenvalue weighted by atomic mass is 16.5. The summed E-state index contributed by atoms with van der Waals surface area (Å²) < 4.78 is 5.74. The summed E-state index contributed by atoms with van der Waals surface area (Å²) in [4.78, 5) is 16.0. The number of aromatic nitrogens is 1. The Morgan fingerprint density at radius 3 is 2.91 bits per heavy atom. The second-order valence-electron chi connectivity index (χ2n) is 5.76. The van der Waals surface area contributed by atoms with Crippen molar-refractivity contribution >= 4 is 11.6 Å². The molecule has 0 radical (unpaired) electrons. The van der Waals surface area contributed by atoms with Crippen molar-refractivity contribution in [3.8, 4) is 11.5 Å². The van der Waals surface area contributed by atoms with E-state index in [-0.39, 0.29) is 5.91 Å². The van der Waals surface area contributed by atoms with Crippen LogP contribution in [0.4, 0.5) is 5.69 Å². The Labute approximate surface area is 136 Å². The molecule has 3 rings (SSSR count). The summed E-state index contributed by atoms with van der Waals surface area (Å²) in [6.07, 6.45) is 6.02. The van der Waals surface area contributed by atoms with Gasteiger partial charge in [0.25, 0.3) is 0 Å². The van der Waals surface area contributed by atoms with Gasteiger partial charge >= 0.3 is 0 Å². The van der Waals surface area contributed by atoms with Gasteiger partial charge in [-0.3, -0.25) is 9.78 Å². The van der Waals surface area contributed by atoms with E-state index in [1.54, 1.807) is 24.5 Å². The van der Waals surface area contributed by atoms with Crippen molar-refractivity contribution in [2.75, 3.05) is 18.4 Å². The molecule has 2 N–H and O–H groups in total. The third-order valence-corrected chi connectivity index (χ3v) is 3.95. The molecule has 0 saturated carbocycles. The summed E-state index contributed by atoms with van der Waals surface area (Å²) in [6, 6.07) is 11.0. The van der Waals surface area contributed by atoms with Gasteiger partial charge in [0.05, 0.1) is 0 Å². The molecule has 1 fully saturated rings. The molecule has 1 unspecified atom stereocenters. The Kier molecular flexibility index (Phi) is 5.21. The van der Waals surface area contributed by atoms with Gasteiger partial charge in [-0.25, -0.2) is 0 Å². The van der Waals surface area contributed by atoms with E-state index in [2.05, 4.69) is 15.6 Å². The third kappa shape index (κ3) is 4.79. The van der Waals surface area contributed by atoms with Gasteiger partial charge in [-0.05, 0) is 56.1 Å². The average Bonchev–Trinajstić information content (AvgIpc) is 3.08. The molecule has 0 bridgehead atoms. The molecule has 1 aliphatic rings. The van der Waals surface area contributed by atoms with E-state index in [4.69, 9.17) is 4.74 Å². The Bertz CT molecular complexity index is 640. The maximum Gasteiger partial charge on any atom is 0.224 e. The summed E-state index contributed by atoms with van der Waals surface area (Å²) in [5.41, 5.74) is 0.756. The minimum Gasteiger partial charge on any atom is -0.457 e. The number of pyridine rings is 1. The number of carbonyl (C=O) groups excluding carboxylic acids is 1. The molecule has 1 atom stereocenters. The lowest BCUT2D eigenvalue weighted by molar-refractivity contribution is -0.116. The van der Waals surface area contributed by atoms with Crippen LogP contribution in [-0.2, 0) is 4.79 Å². The van der Waals surface area contributed by atoms with E-state index in [0.29, 0.717) is 18.1 Å². The van der Waals surface area contributed by atoms with Crippen LogP contribution in [0.1, 0.15) is 19.3 Å². The number of benzene rings is 1. The minimum absolute atomic E-state index is 0.0537. The Morgan fingerprint density at radius 2 is 2.13 bits per heavy atom. The van der Waals surface area contributed by atoms with Crippen LogP contribution in [0, 0.1) is 5.92 Å². The molecular weight excluding hydrogens is 290 g/mol. The smallest absolute Gasteiger partial charge is 0.224 e. The van der Waals surface area contributed by atoms with Crippen LogP contribution < -0.4 is 15.4 Å². The van der Waals surface area contributed by atoms with Crippen molar-refractivity contribution < 1.29 is 9.53 Å². The predicted molar refractivity (Wildman–Crippen MR) is 89.6 cm³/mol. The van der Waals surface area contributed by atoms with Crippen LogP contribution in [0.3, 0.4) is 0 Å². The lowest BCUT2D eigenvalue weighted by Crippen LogP contribution is -2.15. The summed E-state index contributed by atoms with van der Waals surface area (Å²) in [7, 11) is 0. The number of amides is 1. The highest BCUT2D eigenvalue weighted by Gasteiger charge is 2.15. The zero-order valence-electron chi connectivity index (χ0n) is 13.0. The van der Waals surface area contributed by atoms with E-state index >= 15 is 0 Å². The van der Waals surface area contributed by atoms with Gasteiger partial charge in [0.2, 0.25) is 5.91 Å². The summed E-state index contributed by atoms with van der Waals surface area (Å²) in [6.45, 7) is 2.10. The van der Waals surface area contributed by atoms with Crippen molar-refractivity contribution in [3.05, 3.63) is 48.8 Å². The number of rotatable bonds is 6. The van der Waals surface area contributed by atoms with Crippen LogP contribution in [0.25, 0.3) is 0 Å². The number of nitrogens with one attached hydrogen (secondary N) is 2. The first kappa shape index (κ1) is 15.5. The molecule has 120 valence electrons. The molecule has 5 nitrogen and oxygen atoms in total. The Hall–Kier alpha value is -2.40. The van der Waals surface area contributed by atoms with Crippen LogP contribution >= 0.6 is 0 Å². The number of hydrogen-bond donors (Lipinski definition) is 2. The molecular formula is C18H21N3O2. The maximum absolute atomic E-state index is 12.1. The van der Waals surface area contributed by atoms with Crippen LogP contribution in [0.5, 0.6) is 11.5 Å². The third-order valence-electron chi connectivity index (χ3n) is 3.95. The van der Waals surface area contributed by atoms with Crippen molar-refractivity contribution in [2.24, 2.45) is 5.92 Å². The number of hydrogen-bond acceptors (Lipinski definition) is 4. The van der Waals surface area contributed by atoms with E-state index < -0.39 is 0 Å². The second-order valence-corrected chi connectivity index (χ2v) is 5.76. The lowest BCUT2D eigenvalue weighted by Gasteiger charge is -2.10. The van der Waals surface area contributed by atoms with E-state index in [9.17, 15) is 4.79 Å². The van der Waals surface area contributed by atoms with Crippen molar-refractivity contribution in [2.45, 2.75) is 19.3 Å². The van der Waals surface area contributed by atoms with Gasteiger partial charge in [-0.2, -0.15) is 0 Å². The van der Waals surface area contributed by atoms with Gasteiger partial charge in [-0.1, -0.05) is 6.07 Å². The minimum atomic E-state index is 0.0537. The molecule has 1 aliphatic heterocycles. The van der Waals surface area contributed by atoms with Crippen LogP contribution in [0.2, 0.25) is 0 Å². The summed E-state index contributed by atoms with van der Waals surface area (Å²) in [5.74, 6) is 2.09. The highest BCUT2D eigenvalue weighted by molar-refractivity contribution is 5.90. The van der Waals surface area contributed by atoms with Gasteiger partial charge in [0, 0.05) is 30.6 Å². The average molecular weight is 311 g/mol. The normalized spacial score (nSPS) is 17.0. The summed E-state index contributed by atoms with van der Waals surface area (Å²) >= 11 is 0. The molecule has 1 amide bonds. The van der Waals surface area contributed by atoms with Crippen LogP contribution in [0.15, 0.2) is 48.8 Å². The standard InChI is InChI=1S/C18H21N3O2/c22-18(5-4-14-6-9-20-13-14)21-15-2-1-3-17(12-15)23-16-7-10-19-11-8-16/h1-3,7-8,10-12,14,20H,4-6,9,13H2,(H,21,22). The first-order chi connectivity index (χ1) is 11.3. The molecule has 5 heteroatoms. The predicted octanol–water partition coefficient (Wildman–Crippen LogP) is 3.20. The quantitative estimate of drug-likeness (QED) is 0.860. The number of carbonyl (C=O) groups is 1. The second kappa shape index (κ2) is 7.74. The fourth-order valence-corrected chi connectivity index (χ4v) is 2.70. The summed E-state index contributed by atoms with van der Waals surface area (Å²) in [5, 5.41) is 6.26. The fourth-order valence-electron chi connectivity index (χ4n) is 2.70. The van der Waals surface area contributed by atoms with Crippen molar-refractivity contribution in [1.29, 1.82) is 0 Å². The van der Waals surface area contributed by atoms with E-state index in [1.807, 2.05) is 24.3 Å². The topological polar surface area (TPSA) is 63.2 Å². The zero-order chi connectivity index (χ0) is 15.9. The monoisotopic (exact) mass is 311 g/mol. The van der Waals surface area contributed by atoms with Crippen molar-refractivity contribution in [1.82, 2.24) is 10.3 Å². The largest absolute Gasteiger partial charge is 0.457 e.